The number of anilines is 1. The number of hydrogen-bond donors (Lipinski definition) is 1. The highest BCUT2D eigenvalue weighted by atomic mass is 32.1. The molecule has 1 N–H and O–H groups in total. The summed E-state index contributed by atoms with van der Waals surface area (Å²) < 4.78 is 11.8. The summed E-state index contributed by atoms with van der Waals surface area (Å²) in [4.78, 5) is 6.72. The summed E-state index contributed by atoms with van der Waals surface area (Å²) in [5, 5.41) is 7.04. The summed E-state index contributed by atoms with van der Waals surface area (Å²) in [6, 6.07) is 7.92. The van der Waals surface area contributed by atoms with Gasteiger partial charge in [0.15, 0.2) is 0 Å². The molecule has 1 aliphatic rings. The topological polar surface area (TPSA) is 59.0 Å². The maximum atomic E-state index is 6.00. The largest absolute Gasteiger partial charge is 0.492 e. The second-order valence-electron chi connectivity index (χ2n) is 6.57. The fourth-order valence-electron chi connectivity index (χ4n) is 3.03. The molecule has 3 rings (SSSR count). The number of rotatable bonds is 7. The molecule has 0 spiro atoms. The van der Waals surface area contributed by atoms with E-state index in [4.69, 9.17) is 9.47 Å². The Morgan fingerprint density at radius 1 is 1.35 bits per heavy atom. The Morgan fingerprint density at radius 2 is 2.12 bits per heavy atom. The maximum Gasteiger partial charge on any atom is 0.203 e. The molecule has 2 heterocycles. The zero-order chi connectivity index (χ0) is 18.4. The van der Waals surface area contributed by atoms with Crippen molar-refractivity contribution < 1.29 is 9.47 Å². The number of nitrogens with zero attached hydrogens (tertiary/aromatic N) is 3. The quantitative estimate of drug-likeness (QED) is 0.595. The van der Waals surface area contributed by atoms with Gasteiger partial charge in [-0.2, -0.15) is 5.10 Å². The van der Waals surface area contributed by atoms with Crippen LogP contribution in [0.4, 0.5) is 5.13 Å². The first-order valence-corrected chi connectivity index (χ1v) is 9.79. The minimum Gasteiger partial charge on any atom is -0.492 e. The Morgan fingerprint density at radius 3 is 2.85 bits per heavy atom. The highest BCUT2D eigenvalue weighted by Crippen LogP contribution is 2.18. The van der Waals surface area contributed by atoms with Crippen LogP contribution in [-0.2, 0) is 4.74 Å². The van der Waals surface area contributed by atoms with Crippen molar-refractivity contribution in [1.29, 1.82) is 0 Å². The van der Waals surface area contributed by atoms with Gasteiger partial charge in [0.1, 0.15) is 12.4 Å². The van der Waals surface area contributed by atoms with E-state index in [0.29, 0.717) is 6.61 Å². The third-order valence-electron chi connectivity index (χ3n) is 4.06. The molecule has 2 atom stereocenters. The Balaban J connectivity index is 1.52. The molecule has 1 saturated heterocycles. The monoisotopic (exact) mass is 374 g/mol. The SMILES string of the molecule is Cc1csc(NN=Cc2ccccc2OCCN2CC(C)OC(C)C2)n1. The molecule has 1 aromatic heterocycles. The van der Waals surface area contributed by atoms with Crippen LogP contribution in [0.15, 0.2) is 34.7 Å². The van der Waals surface area contributed by atoms with Crippen molar-refractivity contribution in [3.8, 4) is 5.75 Å². The zero-order valence-electron chi connectivity index (χ0n) is 15.5. The fraction of sp³-hybridized carbons (Fsp3) is 0.474. The molecule has 2 aromatic rings. The molecule has 0 amide bonds. The lowest BCUT2D eigenvalue weighted by molar-refractivity contribution is -0.0699. The second-order valence-corrected chi connectivity index (χ2v) is 7.43. The van der Waals surface area contributed by atoms with Crippen LogP contribution in [0.3, 0.4) is 0 Å². The number of hydrazone groups is 1. The molecule has 1 aliphatic heterocycles. The van der Waals surface area contributed by atoms with Crippen LogP contribution in [0, 0.1) is 6.92 Å². The smallest absolute Gasteiger partial charge is 0.203 e. The predicted octanol–water partition coefficient (Wildman–Crippen LogP) is 3.39. The number of ether oxygens (including phenoxy) is 2. The van der Waals surface area contributed by atoms with Crippen LogP contribution in [0.1, 0.15) is 25.1 Å². The predicted molar refractivity (Wildman–Crippen MR) is 106 cm³/mol. The number of nitrogens with one attached hydrogen (secondary N) is 1. The summed E-state index contributed by atoms with van der Waals surface area (Å²) in [5.74, 6) is 0.836. The van der Waals surface area contributed by atoms with Gasteiger partial charge in [0, 0.05) is 30.6 Å². The lowest BCUT2D eigenvalue weighted by atomic mass is 10.2. The fourth-order valence-corrected chi connectivity index (χ4v) is 3.67. The standard InChI is InChI=1S/C19H26N4O2S/c1-14-13-26-19(21-14)22-20-10-17-6-4-5-7-18(17)24-9-8-23-11-15(2)25-16(3)12-23/h4-7,10,13,15-16H,8-9,11-12H2,1-3H3,(H,21,22). The van der Waals surface area contributed by atoms with Crippen molar-refractivity contribution in [1.82, 2.24) is 9.88 Å². The Labute approximate surface area is 158 Å². The Hall–Kier alpha value is -1.96. The van der Waals surface area contributed by atoms with Crippen LogP contribution >= 0.6 is 11.3 Å². The molecule has 0 bridgehead atoms. The van der Waals surface area contributed by atoms with E-state index in [1.165, 1.54) is 11.3 Å². The van der Waals surface area contributed by atoms with E-state index in [0.717, 1.165) is 41.8 Å². The van der Waals surface area contributed by atoms with Gasteiger partial charge >= 0.3 is 0 Å². The van der Waals surface area contributed by atoms with E-state index in [2.05, 4.69) is 34.3 Å². The number of morpholine rings is 1. The molecule has 140 valence electrons. The lowest BCUT2D eigenvalue weighted by Crippen LogP contribution is -2.46. The lowest BCUT2D eigenvalue weighted by Gasteiger charge is -2.35. The second kappa shape index (κ2) is 9.12. The molecule has 0 saturated carbocycles. The number of aromatic nitrogens is 1. The van der Waals surface area contributed by atoms with E-state index >= 15 is 0 Å². The number of para-hydroxylation sites is 1. The van der Waals surface area contributed by atoms with Crippen molar-refractivity contribution in [3.05, 3.63) is 40.9 Å². The Kier molecular flexibility index (Phi) is 6.60. The van der Waals surface area contributed by atoms with Crippen molar-refractivity contribution in [3.63, 3.8) is 0 Å². The highest BCUT2D eigenvalue weighted by molar-refractivity contribution is 7.13. The van der Waals surface area contributed by atoms with E-state index < -0.39 is 0 Å². The normalized spacial score (nSPS) is 21.2. The molecule has 0 radical (unpaired) electrons. The van der Waals surface area contributed by atoms with Gasteiger partial charge in [0.05, 0.1) is 24.1 Å². The zero-order valence-corrected chi connectivity index (χ0v) is 16.3. The number of benzene rings is 1. The van der Waals surface area contributed by atoms with Crippen molar-refractivity contribution in [2.24, 2.45) is 5.10 Å². The molecule has 0 aliphatic carbocycles. The summed E-state index contributed by atoms with van der Waals surface area (Å²) in [7, 11) is 0. The van der Waals surface area contributed by atoms with Crippen LogP contribution in [-0.4, -0.2) is 54.5 Å². The first-order valence-electron chi connectivity index (χ1n) is 8.91. The minimum atomic E-state index is 0.277. The van der Waals surface area contributed by atoms with Gasteiger partial charge in [-0.3, -0.25) is 10.3 Å². The third kappa shape index (κ3) is 5.52. The first kappa shape index (κ1) is 18.8. The van der Waals surface area contributed by atoms with Crippen LogP contribution in [0.2, 0.25) is 0 Å². The first-order chi connectivity index (χ1) is 12.6. The highest BCUT2D eigenvalue weighted by Gasteiger charge is 2.21. The van der Waals surface area contributed by atoms with Gasteiger partial charge in [-0.25, -0.2) is 4.98 Å². The summed E-state index contributed by atoms with van der Waals surface area (Å²) in [6.07, 6.45) is 2.32. The average Bonchev–Trinajstić information content (AvgIpc) is 3.01. The molecular weight excluding hydrogens is 348 g/mol. The molecule has 2 unspecified atom stereocenters. The molecular formula is C19H26N4O2S. The van der Waals surface area contributed by atoms with Crippen LogP contribution < -0.4 is 10.2 Å². The van der Waals surface area contributed by atoms with Crippen LogP contribution in [0.25, 0.3) is 0 Å². The van der Waals surface area contributed by atoms with Crippen molar-refractivity contribution >= 4 is 22.7 Å². The van der Waals surface area contributed by atoms with Crippen molar-refractivity contribution in [2.75, 3.05) is 31.7 Å². The molecule has 26 heavy (non-hydrogen) atoms. The molecule has 1 fully saturated rings. The van der Waals surface area contributed by atoms with Gasteiger partial charge in [0.25, 0.3) is 0 Å². The third-order valence-corrected chi connectivity index (χ3v) is 4.93. The number of hydrogen-bond acceptors (Lipinski definition) is 7. The molecule has 7 heteroatoms. The van der Waals surface area contributed by atoms with Crippen molar-refractivity contribution in [2.45, 2.75) is 33.0 Å². The molecule has 6 nitrogen and oxygen atoms in total. The summed E-state index contributed by atoms with van der Waals surface area (Å²) in [5.41, 5.74) is 4.89. The van der Waals surface area contributed by atoms with Gasteiger partial charge in [-0.1, -0.05) is 12.1 Å². The minimum absolute atomic E-state index is 0.277. The van der Waals surface area contributed by atoms with Crippen LogP contribution in [0.5, 0.6) is 5.75 Å². The maximum absolute atomic E-state index is 6.00. The van der Waals surface area contributed by atoms with E-state index in [-0.39, 0.29) is 12.2 Å². The number of thiazole rings is 1. The summed E-state index contributed by atoms with van der Waals surface area (Å²) in [6.45, 7) is 9.63. The Bertz CT molecular complexity index is 724. The van der Waals surface area contributed by atoms with Gasteiger partial charge < -0.3 is 9.47 Å². The summed E-state index contributed by atoms with van der Waals surface area (Å²) >= 11 is 1.54. The van der Waals surface area contributed by atoms with Gasteiger partial charge in [-0.15, -0.1) is 11.3 Å². The van der Waals surface area contributed by atoms with Gasteiger partial charge in [-0.05, 0) is 32.9 Å². The van der Waals surface area contributed by atoms with E-state index in [1.54, 1.807) is 6.21 Å². The van der Waals surface area contributed by atoms with E-state index in [9.17, 15) is 0 Å². The van der Waals surface area contributed by atoms with E-state index in [1.807, 2.05) is 36.6 Å². The number of aryl methyl sites for hydroxylation is 1. The molecule has 1 aromatic carbocycles. The van der Waals surface area contributed by atoms with Gasteiger partial charge in [0.2, 0.25) is 5.13 Å². The average molecular weight is 375 g/mol.